The van der Waals surface area contributed by atoms with Gasteiger partial charge in [-0.1, -0.05) is 36.8 Å². The van der Waals surface area contributed by atoms with Crippen molar-refractivity contribution < 1.29 is 0 Å². The molecule has 150 valence electrons. The summed E-state index contributed by atoms with van der Waals surface area (Å²) in [5.41, 5.74) is 0.817. The van der Waals surface area contributed by atoms with Gasteiger partial charge in [0.25, 0.3) is 0 Å². The van der Waals surface area contributed by atoms with Crippen LogP contribution in [0.15, 0.2) is 30.3 Å². The van der Waals surface area contributed by atoms with Gasteiger partial charge in [-0.2, -0.15) is 5.26 Å². The van der Waals surface area contributed by atoms with Crippen LogP contribution in [-0.4, -0.2) is 48.1 Å². The lowest BCUT2D eigenvalue weighted by Gasteiger charge is -2.35. The van der Waals surface area contributed by atoms with E-state index in [9.17, 15) is 5.26 Å². The minimum atomic E-state index is -0.376. The lowest BCUT2D eigenvalue weighted by molar-refractivity contribution is 0.159. The highest BCUT2D eigenvalue weighted by molar-refractivity contribution is 5.32. The van der Waals surface area contributed by atoms with Gasteiger partial charge in [0.05, 0.1) is 11.5 Å². The minimum absolute atomic E-state index is 0.376. The molecule has 0 spiro atoms. The third kappa shape index (κ3) is 6.33. The predicted octanol–water partition coefficient (Wildman–Crippen LogP) is 5.22. The third-order valence-corrected chi connectivity index (χ3v) is 6.19. The van der Waals surface area contributed by atoms with Crippen molar-refractivity contribution in [3.05, 3.63) is 35.9 Å². The lowest BCUT2D eigenvalue weighted by atomic mass is 9.75. The van der Waals surface area contributed by atoms with Crippen LogP contribution in [0.4, 0.5) is 0 Å². The van der Waals surface area contributed by atoms with Crippen LogP contribution in [0.2, 0.25) is 0 Å². The number of nitrogens with zero attached hydrogens (tertiary/aromatic N) is 3. The molecule has 0 aromatic heterocycles. The average Bonchev–Trinajstić information content (AvgIpc) is 2.68. The topological polar surface area (TPSA) is 30.3 Å². The maximum atomic E-state index is 10.3. The Morgan fingerprint density at radius 2 is 1.63 bits per heavy atom. The minimum Gasteiger partial charge on any atom is -0.303 e. The SMILES string of the molecule is CC(C)N(CCC(C#N)(CCCN1CCCCC1)c1ccccc1)C(C)C. The first-order chi connectivity index (χ1) is 13.0. The van der Waals surface area contributed by atoms with E-state index in [-0.39, 0.29) is 5.41 Å². The second kappa shape index (κ2) is 10.8. The van der Waals surface area contributed by atoms with Crippen molar-refractivity contribution in [1.82, 2.24) is 9.80 Å². The fraction of sp³-hybridized carbons (Fsp3) is 0.708. The molecule has 2 rings (SSSR count). The van der Waals surface area contributed by atoms with E-state index in [0.29, 0.717) is 12.1 Å². The molecule has 0 bridgehead atoms. The highest BCUT2D eigenvalue weighted by atomic mass is 15.2. The third-order valence-electron chi connectivity index (χ3n) is 6.19. The Morgan fingerprint density at radius 3 is 2.19 bits per heavy atom. The van der Waals surface area contributed by atoms with Gasteiger partial charge in [-0.25, -0.2) is 0 Å². The maximum absolute atomic E-state index is 10.3. The molecule has 3 nitrogen and oxygen atoms in total. The zero-order chi connectivity index (χ0) is 19.7. The van der Waals surface area contributed by atoms with Crippen molar-refractivity contribution in [2.24, 2.45) is 0 Å². The molecular formula is C24H39N3. The smallest absolute Gasteiger partial charge is 0.0835 e. The van der Waals surface area contributed by atoms with Gasteiger partial charge in [-0.3, -0.25) is 4.90 Å². The van der Waals surface area contributed by atoms with Crippen molar-refractivity contribution in [3.63, 3.8) is 0 Å². The Balaban J connectivity index is 2.09. The molecule has 0 radical (unpaired) electrons. The number of hydrogen-bond acceptors (Lipinski definition) is 3. The molecule has 0 saturated carbocycles. The molecule has 0 aliphatic carbocycles. The average molecular weight is 370 g/mol. The molecule has 1 unspecified atom stereocenters. The van der Waals surface area contributed by atoms with Crippen LogP contribution in [0, 0.1) is 11.3 Å². The van der Waals surface area contributed by atoms with Crippen LogP contribution in [0.5, 0.6) is 0 Å². The summed E-state index contributed by atoms with van der Waals surface area (Å²) in [6.07, 6.45) is 7.01. The van der Waals surface area contributed by atoms with Crippen LogP contribution in [0.1, 0.15) is 71.8 Å². The Bertz CT molecular complexity index is 561. The number of nitriles is 1. The molecule has 1 atom stereocenters. The first kappa shape index (κ1) is 21.9. The molecular weight excluding hydrogens is 330 g/mol. The standard InChI is InChI=1S/C24H39N3/c1-21(2)27(22(3)4)19-15-24(20-25,23-12-7-5-8-13-23)14-11-18-26-16-9-6-10-17-26/h5,7-8,12-13,21-22H,6,9-11,14-19H2,1-4H3. The molecule has 0 amide bonds. The first-order valence-corrected chi connectivity index (χ1v) is 10.9. The molecule has 1 aromatic carbocycles. The molecule has 1 saturated heterocycles. The van der Waals surface area contributed by atoms with Crippen LogP contribution in [0.25, 0.3) is 0 Å². The monoisotopic (exact) mass is 369 g/mol. The fourth-order valence-electron chi connectivity index (χ4n) is 4.57. The van der Waals surface area contributed by atoms with Crippen LogP contribution in [0.3, 0.4) is 0 Å². The zero-order valence-electron chi connectivity index (χ0n) is 18.0. The highest BCUT2D eigenvalue weighted by Gasteiger charge is 2.33. The van der Waals surface area contributed by atoms with Gasteiger partial charge >= 0.3 is 0 Å². The van der Waals surface area contributed by atoms with Gasteiger partial charge < -0.3 is 4.90 Å². The number of piperidine rings is 1. The molecule has 1 aromatic rings. The maximum Gasteiger partial charge on any atom is 0.0835 e. The second-order valence-corrected chi connectivity index (χ2v) is 8.74. The van der Waals surface area contributed by atoms with Gasteiger partial charge in [0.1, 0.15) is 0 Å². The highest BCUT2D eigenvalue weighted by Crippen LogP contribution is 2.33. The summed E-state index contributed by atoms with van der Waals surface area (Å²) in [5.74, 6) is 0. The normalized spacial score (nSPS) is 18.0. The van der Waals surface area contributed by atoms with Crippen molar-refractivity contribution in [2.75, 3.05) is 26.2 Å². The van der Waals surface area contributed by atoms with E-state index in [1.807, 2.05) is 6.07 Å². The van der Waals surface area contributed by atoms with E-state index in [1.54, 1.807) is 0 Å². The molecule has 27 heavy (non-hydrogen) atoms. The largest absolute Gasteiger partial charge is 0.303 e. The quantitative estimate of drug-likeness (QED) is 0.566. The predicted molar refractivity (Wildman–Crippen MR) is 115 cm³/mol. The van der Waals surface area contributed by atoms with Crippen molar-refractivity contribution in [3.8, 4) is 6.07 Å². The molecule has 3 heteroatoms. The van der Waals surface area contributed by atoms with Crippen molar-refractivity contribution in [2.45, 2.75) is 83.7 Å². The second-order valence-electron chi connectivity index (χ2n) is 8.74. The fourth-order valence-corrected chi connectivity index (χ4v) is 4.57. The van der Waals surface area contributed by atoms with Crippen LogP contribution in [-0.2, 0) is 5.41 Å². The lowest BCUT2D eigenvalue weighted by Crippen LogP contribution is -2.41. The van der Waals surface area contributed by atoms with E-state index < -0.39 is 0 Å². The van der Waals surface area contributed by atoms with Crippen LogP contribution >= 0.6 is 0 Å². The summed E-state index contributed by atoms with van der Waals surface area (Å²) in [4.78, 5) is 5.10. The Labute approximate surface area is 167 Å². The van der Waals surface area contributed by atoms with Gasteiger partial charge in [0.2, 0.25) is 0 Å². The summed E-state index contributed by atoms with van der Waals surface area (Å²) < 4.78 is 0. The first-order valence-electron chi connectivity index (χ1n) is 10.9. The molecule has 1 heterocycles. The van der Waals surface area contributed by atoms with E-state index in [0.717, 1.165) is 32.4 Å². The van der Waals surface area contributed by atoms with Crippen molar-refractivity contribution in [1.29, 1.82) is 5.26 Å². The van der Waals surface area contributed by atoms with E-state index >= 15 is 0 Å². The molecule has 0 N–H and O–H groups in total. The van der Waals surface area contributed by atoms with E-state index in [1.165, 1.54) is 37.9 Å². The molecule has 1 fully saturated rings. The van der Waals surface area contributed by atoms with E-state index in [2.05, 4.69) is 67.8 Å². The number of likely N-dealkylation sites (tertiary alicyclic amines) is 1. The van der Waals surface area contributed by atoms with Crippen LogP contribution < -0.4 is 0 Å². The number of benzene rings is 1. The van der Waals surface area contributed by atoms with Gasteiger partial charge in [-0.15, -0.1) is 0 Å². The number of hydrogen-bond donors (Lipinski definition) is 0. The summed E-state index contributed by atoms with van der Waals surface area (Å²) in [5, 5.41) is 10.3. The summed E-state index contributed by atoms with van der Waals surface area (Å²) in [6.45, 7) is 13.6. The molecule has 1 aliphatic heterocycles. The summed E-state index contributed by atoms with van der Waals surface area (Å²) in [6, 6.07) is 14.3. The van der Waals surface area contributed by atoms with Gasteiger partial charge in [-0.05, 0) is 85.0 Å². The van der Waals surface area contributed by atoms with E-state index in [4.69, 9.17) is 0 Å². The molecule has 1 aliphatic rings. The Kier molecular flexibility index (Phi) is 8.80. The summed E-state index contributed by atoms with van der Waals surface area (Å²) in [7, 11) is 0. The van der Waals surface area contributed by atoms with Crippen molar-refractivity contribution >= 4 is 0 Å². The zero-order valence-corrected chi connectivity index (χ0v) is 18.0. The van der Waals surface area contributed by atoms with Gasteiger partial charge in [0, 0.05) is 18.6 Å². The van der Waals surface area contributed by atoms with Gasteiger partial charge in [0.15, 0.2) is 0 Å². The summed E-state index contributed by atoms with van der Waals surface area (Å²) >= 11 is 0. The Hall–Kier alpha value is -1.37. The number of rotatable bonds is 10. The Morgan fingerprint density at radius 1 is 1.00 bits per heavy atom.